The highest BCUT2D eigenvalue weighted by Crippen LogP contribution is 2.32. The molecule has 0 saturated carbocycles. The van der Waals surface area contributed by atoms with Crippen molar-refractivity contribution in [3.63, 3.8) is 0 Å². The number of Topliss-reactive ketones (excluding diaryl/α,β-unsaturated/α-hetero) is 1. The van der Waals surface area contributed by atoms with Gasteiger partial charge in [-0.1, -0.05) is 56.1 Å². The van der Waals surface area contributed by atoms with Crippen molar-refractivity contribution >= 4 is 34.9 Å². The van der Waals surface area contributed by atoms with Crippen LogP contribution in [0.4, 0.5) is 13.2 Å². The Hall–Kier alpha value is -4.02. The van der Waals surface area contributed by atoms with Crippen LogP contribution in [-0.4, -0.2) is 34.4 Å². The van der Waals surface area contributed by atoms with E-state index in [-0.39, 0.29) is 42.4 Å². The summed E-state index contributed by atoms with van der Waals surface area (Å²) in [4.78, 5) is 24.6. The van der Waals surface area contributed by atoms with Crippen molar-refractivity contribution in [2.75, 3.05) is 6.54 Å². The molecule has 0 radical (unpaired) electrons. The highest BCUT2D eigenvalue weighted by molar-refractivity contribution is 6.35. The van der Waals surface area contributed by atoms with Gasteiger partial charge in [-0.15, -0.1) is 13.2 Å². The zero-order valence-electron chi connectivity index (χ0n) is 24.2. The first-order valence-corrected chi connectivity index (χ1v) is 14.4. The first kappa shape index (κ1) is 32.9. The van der Waals surface area contributed by atoms with E-state index in [1.807, 2.05) is 20.8 Å². The molecule has 44 heavy (non-hydrogen) atoms. The normalized spacial score (nSPS) is 11.7. The van der Waals surface area contributed by atoms with Crippen LogP contribution in [0.1, 0.15) is 49.5 Å². The van der Waals surface area contributed by atoms with Gasteiger partial charge >= 0.3 is 6.36 Å². The van der Waals surface area contributed by atoms with Crippen LogP contribution < -0.4 is 14.8 Å². The van der Waals surface area contributed by atoms with Gasteiger partial charge in [-0.05, 0) is 65.6 Å². The van der Waals surface area contributed by atoms with Gasteiger partial charge in [0.05, 0.1) is 11.4 Å². The van der Waals surface area contributed by atoms with Crippen LogP contribution in [0, 0.1) is 5.41 Å². The van der Waals surface area contributed by atoms with E-state index in [0.717, 1.165) is 5.56 Å². The van der Waals surface area contributed by atoms with Gasteiger partial charge in [0, 0.05) is 46.6 Å². The topological polar surface area (TPSA) is 82.5 Å². The monoisotopic (exact) mass is 647 g/mol. The third kappa shape index (κ3) is 9.75. The van der Waals surface area contributed by atoms with Crippen molar-refractivity contribution < 1.29 is 32.2 Å². The lowest BCUT2D eigenvalue weighted by Crippen LogP contribution is -2.27. The van der Waals surface area contributed by atoms with Gasteiger partial charge in [-0.25, -0.2) is 4.68 Å². The van der Waals surface area contributed by atoms with Crippen LogP contribution in [0.5, 0.6) is 11.6 Å². The van der Waals surface area contributed by atoms with Crippen molar-refractivity contribution in [2.24, 2.45) is 5.41 Å². The van der Waals surface area contributed by atoms with Gasteiger partial charge in [0.2, 0.25) is 5.88 Å². The number of alkyl halides is 3. The third-order valence-electron chi connectivity index (χ3n) is 6.17. The molecule has 0 aliphatic carbocycles. The van der Waals surface area contributed by atoms with E-state index >= 15 is 0 Å². The molecule has 232 valence electrons. The Morgan fingerprint density at radius 3 is 2.14 bits per heavy atom. The minimum absolute atomic E-state index is 0.0942. The lowest BCUT2D eigenvalue weighted by atomic mass is 9.89. The van der Waals surface area contributed by atoms with Crippen LogP contribution in [0.3, 0.4) is 0 Å². The predicted molar refractivity (Wildman–Crippen MR) is 163 cm³/mol. The number of carbonyl (C=O) groups is 2. The molecule has 0 spiro atoms. The highest BCUT2D eigenvalue weighted by atomic mass is 35.5. The van der Waals surface area contributed by atoms with Gasteiger partial charge in [0.15, 0.2) is 0 Å². The molecule has 0 aliphatic heterocycles. The van der Waals surface area contributed by atoms with Crippen LogP contribution in [0.15, 0.2) is 72.8 Å². The fourth-order valence-electron chi connectivity index (χ4n) is 4.29. The van der Waals surface area contributed by atoms with Crippen molar-refractivity contribution in [3.8, 4) is 28.6 Å². The summed E-state index contributed by atoms with van der Waals surface area (Å²) in [6.45, 7) is 6.33. The number of hydrogen-bond donors (Lipinski definition) is 1. The molecule has 0 bridgehead atoms. The van der Waals surface area contributed by atoms with Crippen LogP contribution in [0.25, 0.3) is 16.9 Å². The van der Waals surface area contributed by atoms with E-state index in [0.29, 0.717) is 44.9 Å². The molecule has 12 heteroatoms. The van der Waals surface area contributed by atoms with Crippen molar-refractivity contribution in [1.82, 2.24) is 15.1 Å². The molecule has 7 nitrogen and oxygen atoms in total. The summed E-state index contributed by atoms with van der Waals surface area (Å²) in [6.07, 6.45) is -4.10. The number of benzene rings is 3. The molecule has 0 aliphatic rings. The first-order chi connectivity index (χ1) is 20.6. The second-order valence-corrected chi connectivity index (χ2v) is 12.1. The SMILES string of the molecule is CC(C)(C)CC(=O)CCNC(=O)c1ccc(COc2cc(-c3cc(Cl)cc(Cl)c3)nn2-c2ccc(OC(F)(F)F)cc2)cc1. The van der Waals surface area contributed by atoms with Crippen molar-refractivity contribution in [2.45, 2.75) is 46.6 Å². The summed E-state index contributed by atoms with van der Waals surface area (Å²) in [7, 11) is 0. The maximum atomic E-state index is 12.6. The quantitative estimate of drug-likeness (QED) is 0.177. The molecule has 4 rings (SSSR count). The Bertz CT molecular complexity index is 1590. The molecule has 0 unspecified atom stereocenters. The lowest BCUT2D eigenvalue weighted by molar-refractivity contribution is -0.274. The number of hydrogen-bond acceptors (Lipinski definition) is 5. The van der Waals surface area contributed by atoms with E-state index in [4.69, 9.17) is 27.9 Å². The number of rotatable bonds is 11. The molecule has 1 N–H and O–H groups in total. The van der Waals surface area contributed by atoms with Gasteiger partial charge in [-0.3, -0.25) is 9.59 Å². The Labute approximate surface area is 262 Å². The van der Waals surface area contributed by atoms with Crippen LogP contribution in [-0.2, 0) is 11.4 Å². The van der Waals surface area contributed by atoms with Crippen LogP contribution in [0.2, 0.25) is 10.0 Å². The Kier molecular flexibility index (Phi) is 10.3. The molecule has 3 aromatic carbocycles. The Morgan fingerprint density at radius 1 is 0.909 bits per heavy atom. The predicted octanol–water partition coefficient (Wildman–Crippen LogP) is 8.45. The number of aromatic nitrogens is 2. The number of nitrogens with zero attached hydrogens (tertiary/aromatic N) is 2. The number of halogens is 5. The van der Waals surface area contributed by atoms with E-state index in [1.165, 1.54) is 28.9 Å². The maximum Gasteiger partial charge on any atom is 0.573 e. The summed E-state index contributed by atoms with van der Waals surface area (Å²) in [6, 6.07) is 18.6. The van der Waals surface area contributed by atoms with E-state index in [1.54, 1.807) is 48.5 Å². The summed E-state index contributed by atoms with van der Waals surface area (Å²) in [5.41, 5.74) is 2.57. The number of ether oxygens (including phenoxy) is 2. The average molecular weight is 649 g/mol. The summed E-state index contributed by atoms with van der Waals surface area (Å²) in [5, 5.41) is 8.15. The average Bonchev–Trinajstić information content (AvgIpc) is 3.34. The smallest absolute Gasteiger partial charge is 0.473 e. The first-order valence-electron chi connectivity index (χ1n) is 13.6. The summed E-state index contributed by atoms with van der Waals surface area (Å²) < 4.78 is 49.4. The second kappa shape index (κ2) is 13.7. The Morgan fingerprint density at radius 2 is 1.55 bits per heavy atom. The van der Waals surface area contributed by atoms with Gasteiger partial charge in [0.1, 0.15) is 18.1 Å². The molecular formula is C32H30Cl2F3N3O4. The largest absolute Gasteiger partial charge is 0.573 e. The fourth-order valence-corrected chi connectivity index (χ4v) is 4.82. The third-order valence-corrected chi connectivity index (χ3v) is 6.61. The maximum absolute atomic E-state index is 12.6. The standard InChI is InChI=1S/C32H30Cl2F3N3O4/c1-31(2,3)18-26(41)12-13-38-30(42)21-6-4-20(5-7-21)19-43-29-17-28(22-14-23(33)16-24(34)15-22)39-40(29)25-8-10-27(11-9-25)44-32(35,36)37/h4-11,14-17H,12-13,18-19H2,1-3H3,(H,38,42). The number of amides is 1. The molecule has 4 aromatic rings. The van der Waals surface area contributed by atoms with Crippen molar-refractivity contribution in [1.29, 1.82) is 0 Å². The molecule has 1 aromatic heterocycles. The van der Waals surface area contributed by atoms with E-state index in [9.17, 15) is 22.8 Å². The fraction of sp³-hybridized carbons (Fsp3) is 0.281. The zero-order valence-corrected chi connectivity index (χ0v) is 25.7. The number of ketones is 1. The Balaban J connectivity index is 1.47. The molecular weight excluding hydrogens is 618 g/mol. The minimum Gasteiger partial charge on any atom is -0.473 e. The molecule has 1 heterocycles. The number of nitrogens with one attached hydrogen (secondary N) is 1. The highest BCUT2D eigenvalue weighted by Gasteiger charge is 2.31. The number of carbonyl (C=O) groups excluding carboxylic acids is 2. The van der Waals surface area contributed by atoms with Crippen molar-refractivity contribution in [3.05, 3.63) is 94.0 Å². The van der Waals surface area contributed by atoms with E-state index in [2.05, 4.69) is 15.2 Å². The molecule has 0 atom stereocenters. The lowest BCUT2D eigenvalue weighted by Gasteiger charge is -2.16. The second-order valence-electron chi connectivity index (χ2n) is 11.2. The van der Waals surface area contributed by atoms with Crippen LogP contribution >= 0.6 is 23.2 Å². The zero-order chi connectivity index (χ0) is 32.1. The van der Waals surface area contributed by atoms with E-state index < -0.39 is 6.36 Å². The molecule has 0 fully saturated rings. The van der Waals surface area contributed by atoms with Gasteiger partial charge < -0.3 is 14.8 Å². The molecule has 1 amide bonds. The summed E-state index contributed by atoms with van der Waals surface area (Å²) in [5.74, 6) is -0.278. The minimum atomic E-state index is -4.82. The van der Waals surface area contributed by atoms with Gasteiger partial charge in [0.25, 0.3) is 5.91 Å². The summed E-state index contributed by atoms with van der Waals surface area (Å²) >= 11 is 12.4. The molecule has 0 saturated heterocycles. The van der Waals surface area contributed by atoms with Gasteiger partial charge in [-0.2, -0.15) is 5.10 Å².